The molecule has 0 aromatic heterocycles. The van der Waals surface area contributed by atoms with Crippen molar-refractivity contribution in [3.63, 3.8) is 0 Å². The van der Waals surface area contributed by atoms with Gasteiger partial charge in [0, 0.05) is 25.0 Å². The Hall–Kier alpha value is -0.650. The summed E-state index contributed by atoms with van der Waals surface area (Å²) in [5, 5.41) is 9.37. The van der Waals surface area contributed by atoms with E-state index in [1.165, 1.54) is 25.9 Å². The van der Waals surface area contributed by atoms with Crippen LogP contribution in [0.3, 0.4) is 0 Å². The summed E-state index contributed by atoms with van der Waals surface area (Å²) in [5.74, 6) is 0.333. The Morgan fingerprint density at radius 2 is 1.77 bits per heavy atom. The number of aliphatic hydroxyl groups excluding tert-OH is 1. The third kappa shape index (κ3) is 2.68. The second kappa shape index (κ2) is 5.77. The lowest BCUT2D eigenvalue weighted by molar-refractivity contribution is -0.146. The SMILES string of the molecule is O=C(C1CC(O)C1)N1CCC2(CC1)C[C@H](N1CCCC1)CO2. The Morgan fingerprint density at radius 3 is 2.41 bits per heavy atom. The Labute approximate surface area is 132 Å². The predicted molar refractivity (Wildman–Crippen MR) is 82.4 cm³/mol. The molecule has 3 heterocycles. The molecule has 1 spiro atoms. The fourth-order valence-corrected chi connectivity index (χ4v) is 4.69. The van der Waals surface area contributed by atoms with Gasteiger partial charge in [0.05, 0.1) is 18.3 Å². The number of amides is 1. The number of piperidine rings is 1. The molecule has 0 aromatic rings. The van der Waals surface area contributed by atoms with Crippen molar-refractivity contribution in [2.75, 3.05) is 32.8 Å². The molecule has 3 saturated heterocycles. The van der Waals surface area contributed by atoms with Crippen molar-refractivity contribution in [2.45, 2.75) is 62.7 Å². The first-order chi connectivity index (χ1) is 10.7. The maximum atomic E-state index is 12.4. The summed E-state index contributed by atoms with van der Waals surface area (Å²) >= 11 is 0. The molecule has 3 aliphatic heterocycles. The van der Waals surface area contributed by atoms with Crippen LogP contribution in [0.25, 0.3) is 0 Å². The first-order valence-electron chi connectivity index (χ1n) is 9.00. The van der Waals surface area contributed by atoms with Crippen molar-refractivity contribution in [1.29, 1.82) is 0 Å². The van der Waals surface area contributed by atoms with Crippen LogP contribution in [0.4, 0.5) is 0 Å². The minimum atomic E-state index is -0.246. The molecule has 1 N–H and O–H groups in total. The van der Waals surface area contributed by atoms with Crippen LogP contribution in [0.15, 0.2) is 0 Å². The van der Waals surface area contributed by atoms with Crippen LogP contribution in [0.2, 0.25) is 0 Å². The van der Waals surface area contributed by atoms with E-state index in [2.05, 4.69) is 4.90 Å². The molecule has 4 aliphatic rings. The molecule has 124 valence electrons. The lowest BCUT2D eigenvalue weighted by Crippen LogP contribution is -2.51. The Bertz CT molecular complexity index is 422. The molecule has 22 heavy (non-hydrogen) atoms. The topological polar surface area (TPSA) is 53.0 Å². The smallest absolute Gasteiger partial charge is 0.225 e. The van der Waals surface area contributed by atoms with Gasteiger partial charge in [-0.1, -0.05) is 0 Å². The summed E-state index contributed by atoms with van der Waals surface area (Å²) < 4.78 is 6.23. The minimum Gasteiger partial charge on any atom is -0.393 e. The summed E-state index contributed by atoms with van der Waals surface area (Å²) in [5.41, 5.74) is 0.0309. The van der Waals surface area contributed by atoms with Gasteiger partial charge in [-0.3, -0.25) is 9.69 Å². The third-order valence-corrected chi connectivity index (χ3v) is 6.30. The fraction of sp³-hybridized carbons (Fsp3) is 0.941. The number of rotatable bonds is 2. The average molecular weight is 308 g/mol. The second-order valence-electron chi connectivity index (χ2n) is 7.74. The van der Waals surface area contributed by atoms with Crippen LogP contribution in [-0.2, 0) is 9.53 Å². The molecule has 0 bridgehead atoms. The van der Waals surface area contributed by atoms with E-state index < -0.39 is 0 Å². The van der Waals surface area contributed by atoms with Crippen molar-refractivity contribution in [3.05, 3.63) is 0 Å². The molecule has 1 atom stereocenters. The van der Waals surface area contributed by atoms with Crippen LogP contribution < -0.4 is 0 Å². The first-order valence-corrected chi connectivity index (χ1v) is 9.00. The normalized spacial score (nSPS) is 38.4. The van der Waals surface area contributed by atoms with Crippen LogP contribution >= 0.6 is 0 Å². The van der Waals surface area contributed by atoms with Gasteiger partial charge >= 0.3 is 0 Å². The van der Waals surface area contributed by atoms with Crippen LogP contribution in [0.5, 0.6) is 0 Å². The Morgan fingerprint density at radius 1 is 1.09 bits per heavy atom. The minimum absolute atomic E-state index is 0.0309. The highest BCUT2D eigenvalue weighted by Crippen LogP contribution is 2.39. The van der Waals surface area contributed by atoms with Crippen LogP contribution in [0.1, 0.15) is 44.9 Å². The highest BCUT2D eigenvalue weighted by atomic mass is 16.5. The van der Waals surface area contributed by atoms with E-state index in [1.54, 1.807) is 0 Å². The number of carbonyl (C=O) groups is 1. The van der Waals surface area contributed by atoms with E-state index in [0.29, 0.717) is 18.9 Å². The van der Waals surface area contributed by atoms with E-state index in [0.717, 1.165) is 39.0 Å². The predicted octanol–water partition coefficient (Wildman–Crippen LogP) is 1.00. The molecular weight excluding hydrogens is 280 g/mol. The van der Waals surface area contributed by atoms with Crippen molar-refractivity contribution >= 4 is 5.91 Å². The van der Waals surface area contributed by atoms with Gasteiger partial charge in [-0.05, 0) is 58.0 Å². The molecule has 1 saturated carbocycles. The van der Waals surface area contributed by atoms with Gasteiger partial charge < -0.3 is 14.7 Å². The molecule has 4 fully saturated rings. The van der Waals surface area contributed by atoms with Gasteiger partial charge in [-0.25, -0.2) is 0 Å². The fourth-order valence-electron chi connectivity index (χ4n) is 4.69. The molecule has 0 aromatic carbocycles. The van der Waals surface area contributed by atoms with E-state index in [4.69, 9.17) is 4.74 Å². The summed E-state index contributed by atoms with van der Waals surface area (Å²) in [6.07, 6.45) is 6.86. The second-order valence-corrected chi connectivity index (χ2v) is 7.74. The molecule has 1 aliphatic carbocycles. The summed E-state index contributed by atoms with van der Waals surface area (Å²) in [4.78, 5) is 17.0. The molecular formula is C17H28N2O3. The molecule has 5 nitrogen and oxygen atoms in total. The maximum absolute atomic E-state index is 12.4. The average Bonchev–Trinajstić information content (AvgIpc) is 3.14. The van der Waals surface area contributed by atoms with E-state index in [-0.39, 0.29) is 23.5 Å². The molecule has 0 unspecified atom stereocenters. The number of carbonyl (C=O) groups excluding carboxylic acids is 1. The maximum Gasteiger partial charge on any atom is 0.225 e. The monoisotopic (exact) mass is 308 g/mol. The summed E-state index contributed by atoms with van der Waals surface area (Å²) in [6, 6.07) is 0.603. The largest absolute Gasteiger partial charge is 0.393 e. The van der Waals surface area contributed by atoms with Gasteiger partial charge in [0.15, 0.2) is 0 Å². The highest BCUT2D eigenvalue weighted by Gasteiger charge is 2.46. The number of aliphatic hydroxyl groups is 1. The Balaban J connectivity index is 1.29. The van der Waals surface area contributed by atoms with E-state index in [9.17, 15) is 9.90 Å². The van der Waals surface area contributed by atoms with Crippen LogP contribution in [-0.4, -0.2) is 71.3 Å². The molecule has 4 rings (SSSR count). The lowest BCUT2D eigenvalue weighted by Gasteiger charge is -2.42. The van der Waals surface area contributed by atoms with Gasteiger partial charge in [0.2, 0.25) is 5.91 Å². The van der Waals surface area contributed by atoms with Crippen molar-refractivity contribution in [3.8, 4) is 0 Å². The molecule has 5 heteroatoms. The van der Waals surface area contributed by atoms with Gasteiger partial charge in [-0.15, -0.1) is 0 Å². The number of hydrogen-bond acceptors (Lipinski definition) is 4. The molecule has 1 amide bonds. The van der Waals surface area contributed by atoms with Crippen molar-refractivity contribution in [1.82, 2.24) is 9.80 Å². The van der Waals surface area contributed by atoms with Gasteiger partial charge in [0.1, 0.15) is 0 Å². The van der Waals surface area contributed by atoms with Crippen molar-refractivity contribution in [2.24, 2.45) is 5.92 Å². The summed E-state index contributed by atoms with van der Waals surface area (Å²) in [7, 11) is 0. The van der Waals surface area contributed by atoms with Crippen molar-refractivity contribution < 1.29 is 14.6 Å². The van der Waals surface area contributed by atoms with Gasteiger partial charge in [0.25, 0.3) is 0 Å². The van der Waals surface area contributed by atoms with E-state index in [1.807, 2.05) is 4.90 Å². The zero-order valence-corrected chi connectivity index (χ0v) is 13.4. The van der Waals surface area contributed by atoms with Crippen LogP contribution in [0, 0.1) is 5.92 Å². The number of ether oxygens (including phenoxy) is 1. The zero-order chi connectivity index (χ0) is 15.2. The third-order valence-electron chi connectivity index (χ3n) is 6.30. The number of likely N-dealkylation sites (tertiary alicyclic amines) is 2. The quantitative estimate of drug-likeness (QED) is 0.827. The first kappa shape index (κ1) is 14.9. The van der Waals surface area contributed by atoms with Gasteiger partial charge in [-0.2, -0.15) is 0 Å². The number of nitrogens with zero attached hydrogens (tertiary/aromatic N) is 2. The summed E-state index contributed by atoms with van der Waals surface area (Å²) in [6.45, 7) is 5.01. The Kier molecular flexibility index (Phi) is 3.91. The highest BCUT2D eigenvalue weighted by molar-refractivity contribution is 5.80. The lowest BCUT2D eigenvalue weighted by atomic mass is 9.80. The zero-order valence-electron chi connectivity index (χ0n) is 13.4. The standard InChI is InChI=1S/C17H28N2O3/c20-15-9-13(10-15)16(21)19-7-3-17(4-8-19)11-14(12-22-17)18-5-1-2-6-18/h13-15,20H,1-12H2/t13?,14-,15?/m0/s1. The van der Waals surface area contributed by atoms with E-state index >= 15 is 0 Å². The molecule has 0 radical (unpaired) electrons. The number of hydrogen-bond donors (Lipinski definition) is 1.